The minimum absolute atomic E-state index is 0.204. The van der Waals surface area contributed by atoms with Gasteiger partial charge in [-0.2, -0.15) is 0 Å². The van der Waals surface area contributed by atoms with Gasteiger partial charge in [0.15, 0.2) is 0 Å². The van der Waals surface area contributed by atoms with Crippen LogP contribution in [0.4, 0.5) is 0 Å². The molecule has 150 valence electrons. The van der Waals surface area contributed by atoms with Crippen molar-refractivity contribution in [2.45, 2.75) is 25.6 Å². The third-order valence-electron chi connectivity index (χ3n) is 4.77. The minimum atomic E-state index is -0.409. The van der Waals surface area contributed by atoms with Gasteiger partial charge >= 0.3 is 0 Å². The zero-order valence-corrected chi connectivity index (χ0v) is 16.5. The number of aromatic nitrogens is 2. The Hall–Kier alpha value is -2.83. The van der Waals surface area contributed by atoms with E-state index in [1.807, 2.05) is 0 Å². The Labute approximate surface area is 173 Å². The molecule has 0 amide bonds. The highest BCUT2D eigenvalue weighted by atomic mass is 35.5. The normalized spacial score (nSPS) is 14.4. The second-order valence-corrected chi connectivity index (χ2v) is 7.47. The van der Waals surface area contributed by atoms with E-state index < -0.39 is 6.10 Å². The lowest BCUT2D eigenvalue weighted by molar-refractivity contribution is 0.0894. The number of nitrogens with zero attached hydrogens (tertiary/aromatic N) is 2. The zero-order chi connectivity index (χ0) is 20.2. The van der Waals surface area contributed by atoms with Crippen molar-refractivity contribution >= 4 is 11.6 Å². The molecule has 0 aliphatic heterocycles. The van der Waals surface area contributed by atoms with Gasteiger partial charge in [0.1, 0.15) is 24.7 Å². The highest BCUT2D eigenvalue weighted by Crippen LogP contribution is 2.32. The summed E-state index contributed by atoms with van der Waals surface area (Å²) in [4.78, 5) is 16.6. The maximum atomic E-state index is 12.5. The molecule has 0 spiro atoms. The van der Waals surface area contributed by atoms with Crippen LogP contribution in [0.3, 0.4) is 0 Å². The fourth-order valence-corrected chi connectivity index (χ4v) is 3.03. The number of hydrogen-bond acceptors (Lipinski definition) is 5. The lowest BCUT2D eigenvalue weighted by Crippen LogP contribution is -2.19. The Morgan fingerprint density at radius 1 is 1.10 bits per heavy atom. The highest BCUT2D eigenvalue weighted by Gasteiger charge is 2.29. The topological polar surface area (TPSA) is 73.6 Å². The van der Waals surface area contributed by atoms with Crippen LogP contribution in [-0.4, -0.2) is 27.4 Å². The van der Waals surface area contributed by atoms with Gasteiger partial charge in [0, 0.05) is 24.1 Å². The van der Waals surface area contributed by atoms with Crippen molar-refractivity contribution in [2.75, 3.05) is 6.61 Å². The van der Waals surface area contributed by atoms with Gasteiger partial charge in [0.25, 0.3) is 5.56 Å². The number of aliphatic hydroxyl groups is 1. The summed E-state index contributed by atoms with van der Waals surface area (Å²) in [5.74, 6) is 1.51. The van der Waals surface area contributed by atoms with Gasteiger partial charge < -0.3 is 14.6 Å². The third kappa shape index (κ3) is 5.16. The fourth-order valence-electron chi connectivity index (χ4n) is 2.91. The van der Waals surface area contributed by atoms with Crippen molar-refractivity contribution in [1.29, 1.82) is 0 Å². The molecule has 1 saturated carbocycles. The van der Waals surface area contributed by atoms with E-state index in [-0.39, 0.29) is 12.2 Å². The molecule has 1 N–H and O–H groups in total. The molecular formula is C22H21ClN2O4. The Bertz CT molecular complexity index is 1010. The van der Waals surface area contributed by atoms with Gasteiger partial charge in [0.2, 0.25) is 0 Å². The van der Waals surface area contributed by atoms with Crippen LogP contribution in [0.1, 0.15) is 18.5 Å². The van der Waals surface area contributed by atoms with E-state index in [2.05, 4.69) is 4.98 Å². The first-order valence-electron chi connectivity index (χ1n) is 9.46. The molecule has 2 aromatic heterocycles. The van der Waals surface area contributed by atoms with Gasteiger partial charge in [-0.25, -0.2) is 0 Å². The molecule has 6 nitrogen and oxygen atoms in total. The van der Waals surface area contributed by atoms with Crippen LogP contribution >= 0.6 is 11.6 Å². The molecule has 1 aliphatic carbocycles. The molecule has 0 unspecified atom stereocenters. The quantitative estimate of drug-likeness (QED) is 0.611. The minimum Gasteiger partial charge on any atom is -0.491 e. The van der Waals surface area contributed by atoms with E-state index in [0.717, 1.165) is 24.2 Å². The van der Waals surface area contributed by atoms with Gasteiger partial charge in [-0.05, 0) is 61.2 Å². The number of benzene rings is 1. The molecule has 29 heavy (non-hydrogen) atoms. The van der Waals surface area contributed by atoms with Crippen LogP contribution in [0.2, 0.25) is 5.02 Å². The summed E-state index contributed by atoms with van der Waals surface area (Å²) in [6.07, 6.45) is 4.95. The second-order valence-electron chi connectivity index (χ2n) is 7.04. The summed E-state index contributed by atoms with van der Waals surface area (Å²) in [5, 5.41) is 10.4. The molecule has 1 fully saturated rings. The average Bonchev–Trinajstić information content (AvgIpc) is 3.58. The predicted molar refractivity (Wildman–Crippen MR) is 110 cm³/mol. The van der Waals surface area contributed by atoms with Crippen molar-refractivity contribution in [3.63, 3.8) is 0 Å². The van der Waals surface area contributed by atoms with Crippen molar-refractivity contribution in [3.8, 4) is 17.2 Å². The largest absolute Gasteiger partial charge is 0.491 e. The monoisotopic (exact) mass is 412 g/mol. The standard InChI is InChI=1S/C22H21ClN2O4/c23-16-3-4-17(24-12-16)13-28-20-9-10-25(22(27)11-20)18-5-7-19(8-6-18)29-14-21(26)15-1-2-15/h3-12,15,21,26H,1-2,13-14H2/t21-/m0/s1. The first-order valence-corrected chi connectivity index (χ1v) is 9.83. The van der Waals surface area contributed by atoms with Crippen LogP contribution < -0.4 is 15.0 Å². The predicted octanol–water partition coefficient (Wildman–Crippen LogP) is 3.61. The first kappa shape index (κ1) is 19.5. The fraction of sp³-hybridized carbons (Fsp3) is 0.273. The summed E-state index contributed by atoms with van der Waals surface area (Å²) < 4.78 is 12.8. The number of pyridine rings is 2. The average molecular weight is 413 g/mol. The number of aliphatic hydroxyl groups excluding tert-OH is 1. The van der Waals surface area contributed by atoms with Crippen LogP contribution in [0.15, 0.2) is 65.7 Å². The summed E-state index contributed by atoms with van der Waals surface area (Å²) >= 11 is 5.81. The lowest BCUT2D eigenvalue weighted by Gasteiger charge is -2.12. The van der Waals surface area contributed by atoms with Gasteiger partial charge in [-0.3, -0.25) is 14.3 Å². The maximum Gasteiger partial charge on any atom is 0.258 e. The number of ether oxygens (including phenoxy) is 2. The van der Waals surface area contributed by atoms with Crippen LogP contribution in [-0.2, 0) is 6.61 Å². The summed E-state index contributed by atoms with van der Waals surface area (Å²) in [5.41, 5.74) is 1.24. The molecule has 1 atom stereocenters. The third-order valence-corrected chi connectivity index (χ3v) is 4.99. The SMILES string of the molecule is O=c1cc(OCc2ccc(Cl)cn2)ccn1-c1ccc(OC[C@H](O)C2CC2)cc1. The smallest absolute Gasteiger partial charge is 0.258 e. The summed E-state index contributed by atoms with van der Waals surface area (Å²) in [7, 11) is 0. The molecule has 0 saturated heterocycles. The van der Waals surface area contributed by atoms with Gasteiger partial charge in [-0.15, -0.1) is 0 Å². The Kier molecular flexibility index (Phi) is 5.83. The molecule has 0 radical (unpaired) electrons. The van der Waals surface area contributed by atoms with Crippen molar-refractivity contribution in [3.05, 3.63) is 82.0 Å². The van der Waals surface area contributed by atoms with Crippen LogP contribution in [0.5, 0.6) is 11.5 Å². The molecule has 0 bridgehead atoms. The second kappa shape index (κ2) is 8.68. The Morgan fingerprint density at radius 2 is 1.90 bits per heavy atom. The Balaban J connectivity index is 1.38. The van der Waals surface area contributed by atoms with E-state index in [4.69, 9.17) is 21.1 Å². The van der Waals surface area contributed by atoms with Crippen molar-refractivity contribution in [2.24, 2.45) is 5.92 Å². The summed E-state index contributed by atoms with van der Waals surface area (Å²) in [6.45, 7) is 0.540. The van der Waals surface area contributed by atoms with E-state index in [1.165, 1.54) is 10.6 Å². The van der Waals surface area contributed by atoms with Crippen LogP contribution in [0, 0.1) is 5.92 Å². The van der Waals surface area contributed by atoms with Crippen LogP contribution in [0.25, 0.3) is 5.69 Å². The molecule has 1 aliphatic rings. The van der Waals surface area contributed by atoms with Crippen molar-refractivity contribution in [1.82, 2.24) is 9.55 Å². The van der Waals surface area contributed by atoms with Crippen molar-refractivity contribution < 1.29 is 14.6 Å². The molecule has 2 heterocycles. The number of hydrogen-bond donors (Lipinski definition) is 1. The number of rotatable bonds is 8. The Morgan fingerprint density at radius 3 is 2.55 bits per heavy atom. The molecule has 3 aromatic rings. The van der Waals surface area contributed by atoms with E-state index in [1.54, 1.807) is 54.9 Å². The van der Waals surface area contributed by atoms with Gasteiger partial charge in [0.05, 0.1) is 16.8 Å². The summed E-state index contributed by atoms with van der Waals surface area (Å²) in [6, 6.07) is 13.9. The molecule has 1 aromatic carbocycles. The maximum absolute atomic E-state index is 12.5. The number of halogens is 1. The van der Waals surface area contributed by atoms with E-state index in [9.17, 15) is 9.90 Å². The van der Waals surface area contributed by atoms with E-state index in [0.29, 0.717) is 29.0 Å². The van der Waals surface area contributed by atoms with Gasteiger partial charge in [-0.1, -0.05) is 11.6 Å². The molecule has 4 rings (SSSR count). The van der Waals surface area contributed by atoms with E-state index >= 15 is 0 Å². The highest BCUT2D eigenvalue weighted by molar-refractivity contribution is 6.30. The zero-order valence-electron chi connectivity index (χ0n) is 15.7. The molecule has 7 heteroatoms. The first-order chi connectivity index (χ1) is 14.1. The lowest BCUT2D eigenvalue weighted by atomic mass is 10.2. The molecular weight excluding hydrogens is 392 g/mol.